The highest BCUT2D eigenvalue weighted by Crippen LogP contribution is 2.22. The molecule has 1 rings (SSSR count). The normalized spacial score (nSPS) is 12.4. The largest absolute Gasteiger partial charge is 0.389 e. The van der Waals surface area contributed by atoms with E-state index in [1.54, 1.807) is 13.8 Å². The number of rotatable bonds is 6. The van der Waals surface area contributed by atoms with Crippen LogP contribution in [0.4, 0.5) is 4.39 Å². The first-order valence-corrected chi connectivity index (χ1v) is 8.12. The summed E-state index contributed by atoms with van der Waals surface area (Å²) in [6.45, 7) is 5.50. The summed E-state index contributed by atoms with van der Waals surface area (Å²) in [5, 5.41) is 0. The number of thiocarbonyl (C=S) groups is 1. The molecule has 0 aromatic heterocycles. The number of halogens is 1. The van der Waals surface area contributed by atoms with Gasteiger partial charge in [0.1, 0.15) is 10.8 Å². The van der Waals surface area contributed by atoms with E-state index < -0.39 is 21.4 Å². The van der Waals surface area contributed by atoms with Crippen LogP contribution in [0.5, 0.6) is 0 Å². The number of nitrogens with one attached hydrogen (secondary N) is 1. The van der Waals surface area contributed by atoms with E-state index in [9.17, 15) is 12.8 Å². The molecule has 112 valence electrons. The molecule has 0 unspecified atom stereocenters. The summed E-state index contributed by atoms with van der Waals surface area (Å²) in [4.78, 5) is -0.508. The molecule has 0 heterocycles. The number of nitrogens with two attached hydrogens (primary N) is 1. The van der Waals surface area contributed by atoms with Crippen molar-refractivity contribution in [2.75, 3.05) is 0 Å². The monoisotopic (exact) mass is 318 g/mol. The molecule has 1 aromatic rings. The van der Waals surface area contributed by atoms with E-state index in [4.69, 9.17) is 18.0 Å². The van der Waals surface area contributed by atoms with Gasteiger partial charge in [0.25, 0.3) is 0 Å². The van der Waals surface area contributed by atoms with Crippen molar-refractivity contribution in [2.24, 2.45) is 5.73 Å². The lowest BCUT2D eigenvalue weighted by Gasteiger charge is -2.26. The molecule has 4 nitrogen and oxygen atoms in total. The van der Waals surface area contributed by atoms with Gasteiger partial charge >= 0.3 is 0 Å². The maximum absolute atomic E-state index is 13.8. The van der Waals surface area contributed by atoms with Gasteiger partial charge in [-0.25, -0.2) is 17.5 Å². The molecule has 0 aliphatic rings. The van der Waals surface area contributed by atoms with Gasteiger partial charge in [0.05, 0.1) is 10.5 Å². The van der Waals surface area contributed by atoms with Crippen molar-refractivity contribution >= 4 is 27.2 Å². The molecule has 0 saturated carbocycles. The highest BCUT2D eigenvalue weighted by Gasteiger charge is 2.28. The van der Waals surface area contributed by atoms with Crippen LogP contribution in [0.1, 0.15) is 39.2 Å². The van der Waals surface area contributed by atoms with Crippen molar-refractivity contribution in [1.82, 2.24) is 4.72 Å². The topological polar surface area (TPSA) is 72.2 Å². The first-order valence-electron chi connectivity index (χ1n) is 6.23. The molecule has 3 N–H and O–H groups in total. The Morgan fingerprint density at radius 1 is 1.45 bits per heavy atom. The molecule has 0 amide bonds. The van der Waals surface area contributed by atoms with Gasteiger partial charge in [-0.2, -0.15) is 0 Å². The Morgan fingerprint density at radius 2 is 2.05 bits per heavy atom. The molecule has 7 heteroatoms. The Hall–Kier alpha value is -1.05. The average Bonchev–Trinajstić information content (AvgIpc) is 2.26. The zero-order valence-corrected chi connectivity index (χ0v) is 13.4. The molecule has 0 fully saturated rings. The van der Waals surface area contributed by atoms with Gasteiger partial charge in [0.2, 0.25) is 10.0 Å². The summed E-state index contributed by atoms with van der Waals surface area (Å²) in [7, 11) is -3.90. The summed E-state index contributed by atoms with van der Waals surface area (Å²) >= 11 is 4.74. The SMILES string of the molecule is CCCC(C)(C)NS(=O)(=O)c1cccc(F)c1C(N)=S. The van der Waals surface area contributed by atoms with Gasteiger partial charge in [-0.05, 0) is 32.4 Å². The Bertz CT molecular complexity index is 613. The Kier molecular flexibility index (Phi) is 5.23. The van der Waals surface area contributed by atoms with Crippen molar-refractivity contribution < 1.29 is 12.8 Å². The van der Waals surface area contributed by atoms with E-state index in [2.05, 4.69) is 4.72 Å². The molecule has 0 aliphatic heterocycles. The summed E-state index contributed by atoms with van der Waals surface area (Å²) < 4.78 is 41.1. The zero-order chi connectivity index (χ0) is 15.6. The Morgan fingerprint density at radius 3 is 2.55 bits per heavy atom. The highest BCUT2D eigenvalue weighted by molar-refractivity contribution is 7.89. The lowest BCUT2D eigenvalue weighted by Crippen LogP contribution is -2.43. The fourth-order valence-electron chi connectivity index (χ4n) is 2.06. The molecule has 0 radical (unpaired) electrons. The molecule has 0 aliphatic carbocycles. The lowest BCUT2D eigenvalue weighted by atomic mass is 10.0. The summed E-state index contributed by atoms with van der Waals surface area (Å²) in [6.07, 6.45) is 1.48. The van der Waals surface area contributed by atoms with Gasteiger partial charge in [-0.1, -0.05) is 31.6 Å². The van der Waals surface area contributed by atoms with Crippen molar-refractivity contribution in [1.29, 1.82) is 0 Å². The number of benzene rings is 1. The van der Waals surface area contributed by atoms with Crippen LogP contribution in [0.3, 0.4) is 0 Å². The van der Waals surface area contributed by atoms with Crippen LogP contribution >= 0.6 is 12.2 Å². The van der Waals surface area contributed by atoms with Gasteiger partial charge in [-0.3, -0.25) is 0 Å². The second-order valence-corrected chi connectivity index (χ2v) is 7.31. The summed E-state index contributed by atoms with van der Waals surface area (Å²) in [5.74, 6) is -0.742. The minimum atomic E-state index is -3.90. The molecule has 0 bridgehead atoms. The van der Waals surface area contributed by atoms with E-state index in [0.29, 0.717) is 6.42 Å². The fourth-order valence-corrected chi connectivity index (χ4v) is 4.01. The van der Waals surface area contributed by atoms with Crippen LogP contribution in [-0.4, -0.2) is 18.9 Å². The number of hydrogen-bond donors (Lipinski definition) is 2. The molecule has 0 atom stereocenters. The van der Waals surface area contributed by atoms with Gasteiger partial charge in [0.15, 0.2) is 0 Å². The van der Waals surface area contributed by atoms with E-state index in [-0.39, 0.29) is 15.4 Å². The minimum Gasteiger partial charge on any atom is -0.389 e. The first kappa shape index (κ1) is 17.0. The minimum absolute atomic E-state index is 0.228. The lowest BCUT2D eigenvalue weighted by molar-refractivity contribution is 0.417. The van der Waals surface area contributed by atoms with E-state index in [0.717, 1.165) is 12.5 Å². The highest BCUT2D eigenvalue weighted by atomic mass is 32.2. The molecular weight excluding hydrogens is 299 g/mol. The van der Waals surface area contributed by atoms with E-state index in [1.165, 1.54) is 12.1 Å². The molecule has 1 aromatic carbocycles. The van der Waals surface area contributed by atoms with Crippen LogP contribution < -0.4 is 10.5 Å². The van der Waals surface area contributed by atoms with Gasteiger partial charge in [0, 0.05) is 5.54 Å². The fraction of sp³-hybridized carbons (Fsp3) is 0.462. The van der Waals surface area contributed by atoms with Crippen molar-refractivity contribution in [3.8, 4) is 0 Å². The van der Waals surface area contributed by atoms with Crippen LogP contribution in [0.25, 0.3) is 0 Å². The van der Waals surface area contributed by atoms with Crippen molar-refractivity contribution in [3.63, 3.8) is 0 Å². The van der Waals surface area contributed by atoms with Gasteiger partial charge < -0.3 is 5.73 Å². The number of hydrogen-bond acceptors (Lipinski definition) is 3. The smallest absolute Gasteiger partial charge is 0.241 e. The molecule has 0 saturated heterocycles. The third-order valence-electron chi connectivity index (χ3n) is 2.80. The Labute approximate surface area is 124 Å². The molecule has 0 spiro atoms. The van der Waals surface area contributed by atoms with Crippen LogP contribution in [0, 0.1) is 5.82 Å². The van der Waals surface area contributed by atoms with E-state index >= 15 is 0 Å². The van der Waals surface area contributed by atoms with Crippen LogP contribution in [-0.2, 0) is 10.0 Å². The standard InChI is InChI=1S/C13H19FN2O2S2/c1-4-8-13(2,3)16-20(17,18)10-7-5-6-9(14)11(10)12(15)19/h5-7,16H,4,8H2,1-3H3,(H2,15,19). The average molecular weight is 318 g/mol. The zero-order valence-electron chi connectivity index (χ0n) is 11.7. The first-order chi connectivity index (χ1) is 9.10. The third-order valence-corrected chi connectivity index (χ3v) is 4.74. The van der Waals surface area contributed by atoms with Gasteiger partial charge in [-0.15, -0.1) is 0 Å². The second kappa shape index (κ2) is 6.15. The van der Waals surface area contributed by atoms with Crippen LogP contribution in [0.15, 0.2) is 23.1 Å². The van der Waals surface area contributed by atoms with Crippen molar-refractivity contribution in [2.45, 2.75) is 44.0 Å². The van der Waals surface area contributed by atoms with E-state index in [1.807, 2.05) is 6.92 Å². The predicted octanol–water partition coefficient (Wildman–Crippen LogP) is 2.32. The quantitative estimate of drug-likeness (QED) is 0.790. The van der Waals surface area contributed by atoms with Crippen molar-refractivity contribution in [3.05, 3.63) is 29.6 Å². The number of sulfonamides is 1. The third kappa shape index (κ3) is 3.97. The maximum Gasteiger partial charge on any atom is 0.241 e. The maximum atomic E-state index is 13.8. The summed E-state index contributed by atoms with van der Waals surface area (Å²) in [6, 6.07) is 3.74. The molecule has 20 heavy (non-hydrogen) atoms. The Balaban J connectivity index is 3.30. The second-order valence-electron chi connectivity index (χ2n) is 5.22. The summed E-state index contributed by atoms with van der Waals surface area (Å²) in [5.41, 5.74) is 4.55. The predicted molar refractivity (Wildman–Crippen MR) is 81.6 cm³/mol. The molecular formula is C13H19FN2O2S2. The van der Waals surface area contributed by atoms with Crippen LogP contribution in [0.2, 0.25) is 0 Å².